The van der Waals surface area contributed by atoms with Crippen molar-refractivity contribution in [3.63, 3.8) is 0 Å². The molecule has 1 unspecified atom stereocenters. The van der Waals surface area contributed by atoms with Crippen molar-refractivity contribution in [3.8, 4) is 11.5 Å². The van der Waals surface area contributed by atoms with Crippen LogP contribution in [0.25, 0.3) is 0 Å². The Balaban J connectivity index is 1.40. The van der Waals surface area contributed by atoms with Crippen molar-refractivity contribution < 1.29 is 27.2 Å². The third-order valence-electron chi connectivity index (χ3n) is 6.82. The Hall–Kier alpha value is -4.21. The standard InChI is InChI=1S/C29H28F4N4O2/c1-20-17-36(23-7-9-27(10-8-23)39-26-5-3-2-4-6-26)19-28(38)35-12-11-24(18-35)37(33)25-14-21(16-34-20)13-22(15-25)29(30,31)32/h2-10,13-15,24,34H,1,11-12,16-19H2. The van der Waals surface area contributed by atoms with Gasteiger partial charge in [-0.3, -0.25) is 4.79 Å². The highest BCUT2D eigenvalue weighted by molar-refractivity contribution is 5.82. The maximum absolute atomic E-state index is 15.3. The first-order valence-electron chi connectivity index (χ1n) is 12.6. The van der Waals surface area contributed by atoms with Gasteiger partial charge >= 0.3 is 6.18 Å². The zero-order chi connectivity index (χ0) is 27.6. The highest BCUT2D eigenvalue weighted by Crippen LogP contribution is 2.35. The molecule has 6 nitrogen and oxygen atoms in total. The second-order valence-electron chi connectivity index (χ2n) is 9.70. The molecule has 39 heavy (non-hydrogen) atoms. The van der Waals surface area contributed by atoms with Gasteiger partial charge in [0.1, 0.15) is 11.5 Å². The van der Waals surface area contributed by atoms with E-state index in [0.717, 1.165) is 17.8 Å². The highest BCUT2D eigenvalue weighted by Gasteiger charge is 2.35. The van der Waals surface area contributed by atoms with Gasteiger partial charge in [0.05, 0.1) is 30.4 Å². The Morgan fingerprint density at radius 1 is 0.897 bits per heavy atom. The fraction of sp³-hybridized carbons (Fsp3) is 0.276. The summed E-state index contributed by atoms with van der Waals surface area (Å²) in [6.07, 6.45) is -4.32. The van der Waals surface area contributed by atoms with Crippen molar-refractivity contribution in [2.45, 2.75) is 25.2 Å². The molecule has 0 spiro atoms. The molecule has 1 atom stereocenters. The summed E-state index contributed by atoms with van der Waals surface area (Å²) >= 11 is 0. The summed E-state index contributed by atoms with van der Waals surface area (Å²) in [4.78, 5) is 16.6. The van der Waals surface area contributed by atoms with Crippen LogP contribution < -0.4 is 20.1 Å². The Morgan fingerprint density at radius 3 is 2.33 bits per heavy atom. The number of carbonyl (C=O) groups excluding carboxylic acids is 1. The zero-order valence-corrected chi connectivity index (χ0v) is 21.1. The van der Waals surface area contributed by atoms with Crippen LogP contribution in [-0.4, -0.2) is 43.0 Å². The average Bonchev–Trinajstić information content (AvgIpc) is 3.42. The number of para-hydroxylation sites is 1. The van der Waals surface area contributed by atoms with Crippen LogP contribution >= 0.6 is 0 Å². The van der Waals surface area contributed by atoms with Gasteiger partial charge in [-0.15, -0.1) is 0 Å². The predicted molar refractivity (Wildman–Crippen MR) is 141 cm³/mol. The minimum atomic E-state index is -4.63. The molecule has 2 aliphatic heterocycles. The van der Waals surface area contributed by atoms with Gasteiger partial charge in [0.25, 0.3) is 0 Å². The molecule has 5 rings (SSSR count). The number of nitrogens with one attached hydrogen (secondary N) is 1. The second-order valence-corrected chi connectivity index (χ2v) is 9.70. The van der Waals surface area contributed by atoms with Crippen LogP contribution in [0.2, 0.25) is 0 Å². The van der Waals surface area contributed by atoms with E-state index < -0.39 is 17.8 Å². The Labute approximate surface area is 224 Å². The molecule has 0 aliphatic carbocycles. The van der Waals surface area contributed by atoms with Crippen LogP contribution in [0.1, 0.15) is 17.5 Å². The molecule has 1 N–H and O–H groups in total. The largest absolute Gasteiger partial charge is 0.457 e. The van der Waals surface area contributed by atoms with E-state index in [9.17, 15) is 18.0 Å². The van der Waals surface area contributed by atoms with Crippen LogP contribution in [0.3, 0.4) is 0 Å². The maximum atomic E-state index is 15.3. The van der Waals surface area contributed by atoms with Crippen LogP contribution in [0.5, 0.6) is 11.5 Å². The number of halogens is 4. The first-order valence-corrected chi connectivity index (χ1v) is 12.6. The number of amides is 1. The summed E-state index contributed by atoms with van der Waals surface area (Å²) in [6.45, 7) is 4.70. The molecule has 1 amide bonds. The smallest absolute Gasteiger partial charge is 0.416 e. The third-order valence-corrected chi connectivity index (χ3v) is 6.82. The number of fused-ring (bicyclic) bond motifs is 4. The number of alkyl halides is 3. The van der Waals surface area contributed by atoms with Gasteiger partial charge in [0.2, 0.25) is 5.91 Å². The van der Waals surface area contributed by atoms with Crippen molar-refractivity contribution >= 4 is 17.3 Å². The van der Waals surface area contributed by atoms with Gasteiger partial charge in [0, 0.05) is 31.0 Å². The summed E-state index contributed by atoms with van der Waals surface area (Å²) in [5.41, 5.74) is 0.411. The molecule has 0 aromatic heterocycles. The first-order chi connectivity index (χ1) is 18.7. The van der Waals surface area contributed by atoms with Crippen molar-refractivity contribution in [1.29, 1.82) is 0 Å². The van der Waals surface area contributed by atoms with Gasteiger partial charge < -0.3 is 19.9 Å². The van der Waals surface area contributed by atoms with Gasteiger partial charge in [-0.1, -0.05) is 29.3 Å². The third kappa shape index (κ3) is 6.27. The fourth-order valence-electron chi connectivity index (χ4n) is 4.79. The highest BCUT2D eigenvalue weighted by atomic mass is 19.4. The minimum Gasteiger partial charge on any atom is -0.457 e. The number of benzene rings is 3. The summed E-state index contributed by atoms with van der Waals surface area (Å²) < 4.78 is 61.9. The van der Waals surface area contributed by atoms with Crippen LogP contribution in [0.15, 0.2) is 85.1 Å². The van der Waals surface area contributed by atoms with E-state index in [2.05, 4.69) is 11.9 Å². The van der Waals surface area contributed by atoms with E-state index >= 15 is 4.48 Å². The van der Waals surface area contributed by atoms with Crippen LogP contribution in [-0.2, 0) is 17.5 Å². The van der Waals surface area contributed by atoms with Gasteiger partial charge in [-0.25, -0.2) is 5.12 Å². The van der Waals surface area contributed by atoms with Crippen LogP contribution in [0.4, 0.5) is 29.0 Å². The van der Waals surface area contributed by atoms with Crippen LogP contribution in [0, 0.1) is 0 Å². The monoisotopic (exact) mass is 540 g/mol. The molecule has 10 heteroatoms. The normalized spacial score (nSPS) is 18.6. The molecule has 0 radical (unpaired) electrons. The molecular weight excluding hydrogens is 512 g/mol. The van der Waals surface area contributed by atoms with E-state index in [4.69, 9.17) is 4.74 Å². The van der Waals surface area contributed by atoms with E-state index in [1.54, 1.807) is 17.0 Å². The quantitative estimate of drug-likeness (QED) is 0.331. The molecular formula is C29H28F4N4O2. The number of carbonyl (C=O) groups is 1. The van der Waals surface area contributed by atoms with Gasteiger partial charge in [0.15, 0.2) is 0 Å². The molecule has 0 saturated carbocycles. The number of rotatable bonds is 3. The number of hydrogen-bond acceptors (Lipinski definition) is 5. The zero-order valence-electron chi connectivity index (χ0n) is 21.1. The average molecular weight is 541 g/mol. The van der Waals surface area contributed by atoms with E-state index in [-0.39, 0.29) is 43.3 Å². The molecule has 1 saturated heterocycles. The topological polar surface area (TPSA) is 48.1 Å². The summed E-state index contributed by atoms with van der Waals surface area (Å²) in [6, 6.07) is 19.1. The minimum absolute atomic E-state index is 0.0199. The summed E-state index contributed by atoms with van der Waals surface area (Å²) in [7, 11) is 0. The first kappa shape index (κ1) is 26.4. The second kappa shape index (κ2) is 10.9. The summed E-state index contributed by atoms with van der Waals surface area (Å²) in [5, 5.41) is 3.40. The molecule has 2 aliphatic rings. The Kier molecular flexibility index (Phi) is 7.36. The molecule has 3 aromatic rings. The maximum Gasteiger partial charge on any atom is 0.416 e. The number of ether oxygens (including phenoxy) is 1. The van der Waals surface area contributed by atoms with Gasteiger partial charge in [-0.05, 0) is 66.6 Å². The molecule has 2 heterocycles. The lowest BCUT2D eigenvalue weighted by molar-refractivity contribution is -0.137. The molecule has 4 bridgehead atoms. The van der Waals surface area contributed by atoms with Crippen molar-refractivity contribution in [2.24, 2.45) is 0 Å². The van der Waals surface area contributed by atoms with Crippen molar-refractivity contribution in [3.05, 3.63) is 96.2 Å². The molecule has 3 aromatic carbocycles. The lowest BCUT2D eigenvalue weighted by Gasteiger charge is -2.29. The Bertz CT molecular complexity index is 1330. The summed E-state index contributed by atoms with van der Waals surface area (Å²) in [5.74, 6) is 1.12. The van der Waals surface area contributed by atoms with E-state index in [0.29, 0.717) is 35.3 Å². The van der Waals surface area contributed by atoms with Crippen molar-refractivity contribution in [1.82, 2.24) is 10.2 Å². The van der Waals surface area contributed by atoms with E-state index in [1.165, 1.54) is 6.07 Å². The number of hydrogen-bond donors (Lipinski definition) is 1. The SMILES string of the molecule is C=C1CN(c2ccc(Oc3ccccc3)cc2)CC(=O)N2CCC(C2)N(F)c2cc(cc(C(F)(F)F)c2)CN1. The lowest BCUT2D eigenvalue weighted by atomic mass is 10.1. The van der Waals surface area contributed by atoms with E-state index in [1.807, 2.05) is 47.4 Å². The molecule has 1 fully saturated rings. The predicted octanol–water partition coefficient (Wildman–Crippen LogP) is 5.91. The van der Waals surface area contributed by atoms with Crippen molar-refractivity contribution in [2.75, 3.05) is 36.2 Å². The molecule has 204 valence electrons. The number of anilines is 2. The fourth-order valence-corrected chi connectivity index (χ4v) is 4.79. The lowest BCUT2D eigenvalue weighted by Crippen LogP contribution is -2.42. The van der Waals surface area contributed by atoms with Gasteiger partial charge in [-0.2, -0.15) is 13.2 Å². The Morgan fingerprint density at radius 2 is 1.62 bits per heavy atom. The number of nitrogens with zero attached hydrogens (tertiary/aromatic N) is 3.